The van der Waals surface area contributed by atoms with Crippen molar-refractivity contribution in [2.24, 2.45) is 5.41 Å². The number of aromatic nitrogens is 1. The highest BCUT2D eigenvalue weighted by Gasteiger charge is 2.37. The van der Waals surface area contributed by atoms with Crippen LogP contribution in [0.25, 0.3) is 10.9 Å². The first-order valence-corrected chi connectivity index (χ1v) is 13.7. The number of amides is 1. The van der Waals surface area contributed by atoms with E-state index in [0.717, 1.165) is 27.7 Å². The van der Waals surface area contributed by atoms with Gasteiger partial charge in [0.1, 0.15) is 30.9 Å². The number of aliphatic hydroxyl groups is 1. The molecular formula is C30H28Cl2N2O6. The molecule has 1 saturated heterocycles. The lowest BCUT2D eigenvalue weighted by Crippen LogP contribution is -2.45. The number of aliphatic hydroxyl groups excluding tert-OH is 1. The highest BCUT2D eigenvalue weighted by atomic mass is 35.5. The number of carbonyl (C=O) groups excluding carboxylic acids is 1. The predicted octanol–water partition coefficient (Wildman–Crippen LogP) is 5.98. The summed E-state index contributed by atoms with van der Waals surface area (Å²) in [7, 11) is 0. The molecule has 0 saturated carbocycles. The second-order valence-corrected chi connectivity index (χ2v) is 11.1. The van der Waals surface area contributed by atoms with Gasteiger partial charge < -0.3 is 29.0 Å². The first-order valence-electron chi connectivity index (χ1n) is 13.0. The molecule has 3 heterocycles. The number of ether oxygens (including phenoxy) is 4. The molecule has 1 fully saturated rings. The second-order valence-electron chi connectivity index (χ2n) is 10.2. The number of H-pyrrole nitrogens is 1. The molecule has 0 aliphatic carbocycles. The first kappa shape index (κ1) is 26.9. The fraction of sp³-hybridized carbons (Fsp3) is 0.300. The van der Waals surface area contributed by atoms with Crippen molar-refractivity contribution in [2.75, 3.05) is 39.8 Å². The summed E-state index contributed by atoms with van der Waals surface area (Å²) in [5.74, 6) is 1.05. The Kier molecular flexibility index (Phi) is 7.61. The number of hydrogen-bond donors (Lipinski definition) is 2. The van der Waals surface area contributed by atoms with Gasteiger partial charge in [-0.3, -0.25) is 4.90 Å². The van der Waals surface area contributed by atoms with Crippen molar-refractivity contribution in [1.29, 1.82) is 0 Å². The normalized spacial score (nSPS) is 18.4. The van der Waals surface area contributed by atoms with Crippen LogP contribution in [0.2, 0.25) is 10.0 Å². The van der Waals surface area contributed by atoms with Crippen molar-refractivity contribution in [1.82, 2.24) is 9.88 Å². The Balaban J connectivity index is 1.30. The molecule has 3 aromatic carbocycles. The molecule has 6 rings (SSSR count). The SMILES string of the molecule is O=C(Oc1ccc(Cl)cc1)N1CCc2c([nH]c3ccc(Cl)cc23)C1c1ccc(OCC2(CO)COCOC2)cc1. The molecule has 1 aromatic heterocycles. The summed E-state index contributed by atoms with van der Waals surface area (Å²) in [6.07, 6.45) is 0.188. The van der Waals surface area contributed by atoms with Crippen LogP contribution in [0.3, 0.4) is 0 Å². The number of halogens is 2. The molecule has 208 valence electrons. The minimum atomic E-state index is -0.608. The molecule has 40 heavy (non-hydrogen) atoms. The van der Waals surface area contributed by atoms with E-state index in [0.29, 0.717) is 47.7 Å². The zero-order valence-corrected chi connectivity index (χ0v) is 23.1. The predicted molar refractivity (Wildman–Crippen MR) is 151 cm³/mol. The third-order valence-corrected chi connectivity index (χ3v) is 7.89. The minimum absolute atomic E-state index is 0.106. The van der Waals surface area contributed by atoms with Gasteiger partial charge >= 0.3 is 6.09 Å². The molecule has 1 unspecified atom stereocenters. The summed E-state index contributed by atoms with van der Waals surface area (Å²) in [5, 5.41) is 12.2. The molecule has 0 bridgehead atoms. The van der Waals surface area contributed by atoms with Crippen molar-refractivity contribution < 1.29 is 28.8 Å². The second kappa shape index (κ2) is 11.3. The first-order chi connectivity index (χ1) is 19.4. The highest BCUT2D eigenvalue weighted by Crippen LogP contribution is 2.40. The smallest absolute Gasteiger partial charge is 0.416 e. The molecule has 1 amide bonds. The highest BCUT2D eigenvalue weighted by molar-refractivity contribution is 6.31. The maximum absolute atomic E-state index is 13.5. The topological polar surface area (TPSA) is 93.3 Å². The van der Waals surface area contributed by atoms with Gasteiger partial charge in [-0.15, -0.1) is 0 Å². The molecule has 2 N–H and O–H groups in total. The van der Waals surface area contributed by atoms with E-state index in [-0.39, 0.29) is 20.0 Å². The Morgan fingerprint density at radius 3 is 2.42 bits per heavy atom. The Morgan fingerprint density at radius 2 is 1.70 bits per heavy atom. The van der Waals surface area contributed by atoms with E-state index < -0.39 is 17.6 Å². The van der Waals surface area contributed by atoms with E-state index in [1.165, 1.54) is 0 Å². The summed E-state index contributed by atoms with van der Waals surface area (Å²) < 4.78 is 22.5. The minimum Gasteiger partial charge on any atom is -0.493 e. The maximum Gasteiger partial charge on any atom is 0.416 e. The monoisotopic (exact) mass is 582 g/mol. The van der Waals surface area contributed by atoms with Crippen LogP contribution in [0, 0.1) is 5.41 Å². The summed E-state index contributed by atoms with van der Waals surface area (Å²) in [6, 6.07) is 19.6. The standard InChI is InChI=1S/C30H28Cl2N2O6/c31-20-3-8-23(9-4-20)40-29(36)34-12-11-24-25-13-21(32)5-10-26(25)33-27(24)28(34)19-1-6-22(7-2-19)39-17-30(14-35)15-37-18-38-16-30/h1-10,13,28,33,35H,11-12,14-18H2. The third-order valence-electron chi connectivity index (χ3n) is 7.40. The van der Waals surface area contributed by atoms with Crippen LogP contribution in [0.5, 0.6) is 11.5 Å². The van der Waals surface area contributed by atoms with Gasteiger partial charge in [0, 0.05) is 33.2 Å². The number of rotatable bonds is 6. The molecule has 0 spiro atoms. The van der Waals surface area contributed by atoms with Gasteiger partial charge in [-0.2, -0.15) is 0 Å². The van der Waals surface area contributed by atoms with E-state index in [4.69, 9.17) is 42.1 Å². The van der Waals surface area contributed by atoms with Crippen molar-refractivity contribution in [2.45, 2.75) is 12.5 Å². The van der Waals surface area contributed by atoms with Crippen molar-refractivity contribution in [3.8, 4) is 11.5 Å². The van der Waals surface area contributed by atoms with Gasteiger partial charge in [0.05, 0.1) is 25.2 Å². The van der Waals surface area contributed by atoms with Gasteiger partial charge in [0.25, 0.3) is 0 Å². The van der Waals surface area contributed by atoms with Crippen molar-refractivity contribution >= 4 is 40.2 Å². The van der Waals surface area contributed by atoms with E-state index >= 15 is 0 Å². The van der Waals surface area contributed by atoms with Crippen LogP contribution < -0.4 is 9.47 Å². The maximum atomic E-state index is 13.5. The molecular weight excluding hydrogens is 555 g/mol. The van der Waals surface area contributed by atoms with Crippen LogP contribution >= 0.6 is 23.2 Å². The lowest BCUT2D eigenvalue weighted by Gasteiger charge is -2.35. The van der Waals surface area contributed by atoms with E-state index in [2.05, 4.69) is 4.98 Å². The summed E-state index contributed by atoms with van der Waals surface area (Å²) in [5.41, 5.74) is 3.28. The number of fused-ring (bicyclic) bond motifs is 3. The largest absolute Gasteiger partial charge is 0.493 e. The van der Waals surface area contributed by atoms with Crippen LogP contribution in [-0.4, -0.2) is 60.8 Å². The Bertz CT molecular complexity index is 1500. The number of hydrogen-bond acceptors (Lipinski definition) is 6. The molecule has 1 atom stereocenters. The van der Waals surface area contributed by atoms with Crippen molar-refractivity contribution in [3.63, 3.8) is 0 Å². The molecule has 10 heteroatoms. The number of benzene rings is 3. The number of nitrogens with zero attached hydrogens (tertiary/aromatic N) is 1. The van der Waals surface area contributed by atoms with Gasteiger partial charge in [0.2, 0.25) is 0 Å². The fourth-order valence-corrected chi connectivity index (χ4v) is 5.58. The van der Waals surface area contributed by atoms with E-state index in [9.17, 15) is 9.90 Å². The summed E-state index contributed by atoms with van der Waals surface area (Å²) in [4.78, 5) is 18.7. The van der Waals surface area contributed by atoms with Gasteiger partial charge in [0.15, 0.2) is 0 Å². The number of nitrogens with one attached hydrogen (secondary N) is 1. The summed E-state index contributed by atoms with van der Waals surface area (Å²) in [6.45, 7) is 1.55. The van der Waals surface area contributed by atoms with Crippen LogP contribution in [0.15, 0.2) is 66.7 Å². The Labute approximate surface area is 241 Å². The van der Waals surface area contributed by atoms with Crippen molar-refractivity contribution in [3.05, 3.63) is 93.6 Å². The molecule has 2 aliphatic rings. The van der Waals surface area contributed by atoms with Crippen LogP contribution in [-0.2, 0) is 15.9 Å². The summed E-state index contributed by atoms with van der Waals surface area (Å²) >= 11 is 12.3. The lowest BCUT2D eigenvalue weighted by molar-refractivity contribution is -0.184. The molecule has 2 aliphatic heterocycles. The zero-order chi connectivity index (χ0) is 27.7. The van der Waals surface area contributed by atoms with Crippen LogP contribution in [0.4, 0.5) is 4.79 Å². The molecule has 0 radical (unpaired) electrons. The van der Waals surface area contributed by atoms with Gasteiger partial charge in [-0.05, 0) is 72.1 Å². The number of carbonyl (C=O) groups is 1. The van der Waals surface area contributed by atoms with E-state index in [1.54, 1.807) is 29.2 Å². The third kappa shape index (κ3) is 5.38. The quantitative estimate of drug-likeness (QED) is 0.290. The zero-order valence-electron chi connectivity index (χ0n) is 21.6. The molecule has 8 nitrogen and oxygen atoms in total. The average molecular weight is 583 g/mol. The van der Waals surface area contributed by atoms with Gasteiger partial charge in [-0.1, -0.05) is 35.3 Å². The fourth-order valence-electron chi connectivity index (χ4n) is 5.29. The lowest BCUT2D eigenvalue weighted by atomic mass is 9.91. The van der Waals surface area contributed by atoms with Gasteiger partial charge in [-0.25, -0.2) is 4.79 Å². The Morgan fingerprint density at radius 1 is 1.00 bits per heavy atom. The molecule has 4 aromatic rings. The number of aromatic amines is 1. The van der Waals surface area contributed by atoms with E-state index in [1.807, 2.05) is 42.5 Å². The Hall–Kier alpha value is -3.27. The van der Waals surface area contributed by atoms with Crippen LogP contribution in [0.1, 0.15) is 22.9 Å². The average Bonchev–Trinajstić information content (AvgIpc) is 3.35.